The van der Waals surface area contributed by atoms with Crippen LogP contribution in [0.5, 0.6) is 0 Å². The van der Waals surface area contributed by atoms with Crippen molar-refractivity contribution in [2.45, 2.75) is 33.2 Å². The molecule has 1 N–H and O–H groups in total. The average Bonchev–Trinajstić information content (AvgIpc) is 3.13. The molecule has 6 heteroatoms. The Morgan fingerprint density at radius 3 is 2.63 bits per heavy atom. The summed E-state index contributed by atoms with van der Waals surface area (Å²) in [6.07, 6.45) is 3.61. The molecule has 6 nitrogen and oxygen atoms in total. The van der Waals surface area contributed by atoms with Crippen LogP contribution in [0.1, 0.15) is 37.0 Å². The first-order valence-electron chi connectivity index (χ1n) is 9.51. The molecule has 0 unspecified atom stereocenters. The topological polar surface area (TPSA) is 71.2 Å². The lowest BCUT2D eigenvalue weighted by Gasteiger charge is -2.22. The molecule has 0 radical (unpaired) electrons. The van der Waals surface area contributed by atoms with Gasteiger partial charge in [-0.2, -0.15) is 5.10 Å². The van der Waals surface area contributed by atoms with Gasteiger partial charge in [-0.25, -0.2) is 9.67 Å². The Bertz CT molecular complexity index is 905. The van der Waals surface area contributed by atoms with Crippen LogP contribution >= 0.6 is 0 Å². The van der Waals surface area contributed by atoms with Gasteiger partial charge in [0.1, 0.15) is 0 Å². The van der Waals surface area contributed by atoms with E-state index in [0.717, 1.165) is 29.5 Å². The maximum Gasteiger partial charge on any atom is 0.254 e. The lowest BCUT2D eigenvalue weighted by molar-refractivity contribution is 0.0721. The molecular formula is C21H26N4O2. The minimum absolute atomic E-state index is 0.0521. The highest BCUT2D eigenvalue weighted by molar-refractivity contribution is 6.06. The summed E-state index contributed by atoms with van der Waals surface area (Å²) in [5, 5.41) is 14.5. The number of aromatic nitrogens is 3. The first-order valence-corrected chi connectivity index (χ1v) is 9.51. The molecular weight excluding hydrogens is 340 g/mol. The van der Waals surface area contributed by atoms with Crippen molar-refractivity contribution < 1.29 is 9.90 Å². The minimum Gasteiger partial charge on any atom is -0.395 e. The summed E-state index contributed by atoms with van der Waals surface area (Å²) in [5.74, 6) is -0.0854. The van der Waals surface area contributed by atoms with Crippen LogP contribution in [-0.2, 0) is 6.54 Å². The molecule has 1 amide bonds. The summed E-state index contributed by atoms with van der Waals surface area (Å²) in [6, 6.07) is 11.7. The molecule has 0 spiro atoms. The number of aliphatic hydroxyl groups excluding tert-OH is 1. The molecule has 1 aromatic carbocycles. The van der Waals surface area contributed by atoms with Gasteiger partial charge in [0, 0.05) is 25.2 Å². The molecule has 0 aliphatic heterocycles. The van der Waals surface area contributed by atoms with Gasteiger partial charge < -0.3 is 10.0 Å². The van der Waals surface area contributed by atoms with Crippen LogP contribution in [-0.4, -0.2) is 50.4 Å². The highest BCUT2D eigenvalue weighted by Gasteiger charge is 2.21. The van der Waals surface area contributed by atoms with E-state index in [-0.39, 0.29) is 12.5 Å². The molecule has 0 saturated carbocycles. The van der Waals surface area contributed by atoms with E-state index in [1.807, 2.05) is 43.3 Å². The monoisotopic (exact) mass is 366 g/mol. The SMILES string of the molecule is CCCCN(CCO)C(=O)c1cc(-c2ccccc2)nc2c1cnn2CC. The summed E-state index contributed by atoms with van der Waals surface area (Å²) in [4.78, 5) is 19.8. The number of rotatable bonds is 8. The van der Waals surface area contributed by atoms with Crippen LogP contribution in [0, 0.1) is 0 Å². The van der Waals surface area contributed by atoms with E-state index in [1.165, 1.54) is 0 Å². The second-order valence-corrected chi connectivity index (χ2v) is 6.49. The predicted molar refractivity (Wildman–Crippen MR) is 107 cm³/mol. The Morgan fingerprint density at radius 1 is 1.19 bits per heavy atom. The Labute approximate surface area is 159 Å². The molecule has 0 saturated heterocycles. The summed E-state index contributed by atoms with van der Waals surface area (Å²) in [5.41, 5.74) is 3.01. The van der Waals surface area contributed by atoms with Crippen molar-refractivity contribution >= 4 is 16.9 Å². The van der Waals surface area contributed by atoms with Crippen LogP contribution in [0.4, 0.5) is 0 Å². The van der Waals surface area contributed by atoms with Crippen molar-refractivity contribution in [2.24, 2.45) is 0 Å². The first-order chi connectivity index (χ1) is 13.2. The number of fused-ring (bicyclic) bond motifs is 1. The number of carbonyl (C=O) groups is 1. The van der Waals surface area contributed by atoms with Gasteiger partial charge in [-0.1, -0.05) is 43.7 Å². The van der Waals surface area contributed by atoms with E-state index < -0.39 is 0 Å². The Balaban J connectivity index is 2.12. The summed E-state index contributed by atoms with van der Waals surface area (Å²) in [7, 11) is 0. The number of aryl methyl sites for hydroxylation is 1. The molecule has 0 fully saturated rings. The zero-order valence-corrected chi connectivity index (χ0v) is 15.9. The molecule has 142 valence electrons. The van der Waals surface area contributed by atoms with Gasteiger partial charge in [-0.15, -0.1) is 0 Å². The van der Waals surface area contributed by atoms with Crippen molar-refractivity contribution in [1.29, 1.82) is 0 Å². The fourth-order valence-corrected chi connectivity index (χ4v) is 3.17. The summed E-state index contributed by atoms with van der Waals surface area (Å²) in [6.45, 7) is 5.67. The fourth-order valence-electron chi connectivity index (χ4n) is 3.17. The summed E-state index contributed by atoms with van der Waals surface area (Å²) < 4.78 is 1.81. The smallest absolute Gasteiger partial charge is 0.254 e. The van der Waals surface area contributed by atoms with Crippen LogP contribution in [0.25, 0.3) is 22.3 Å². The number of carbonyl (C=O) groups excluding carboxylic acids is 1. The van der Waals surface area contributed by atoms with Gasteiger partial charge in [0.25, 0.3) is 5.91 Å². The molecule has 0 bridgehead atoms. The van der Waals surface area contributed by atoms with Crippen molar-refractivity contribution in [3.05, 3.63) is 48.2 Å². The van der Waals surface area contributed by atoms with E-state index in [0.29, 0.717) is 30.8 Å². The molecule has 2 heterocycles. The van der Waals surface area contributed by atoms with Crippen LogP contribution in [0.15, 0.2) is 42.6 Å². The number of benzene rings is 1. The number of unbranched alkanes of at least 4 members (excludes halogenated alkanes) is 1. The van der Waals surface area contributed by atoms with E-state index in [2.05, 4.69) is 12.0 Å². The van der Waals surface area contributed by atoms with E-state index >= 15 is 0 Å². The highest BCUT2D eigenvalue weighted by Crippen LogP contribution is 2.26. The zero-order chi connectivity index (χ0) is 19.2. The van der Waals surface area contributed by atoms with E-state index in [9.17, 15) is 9.90 Å². The van der Waals surface area contributed by atoms with Gasteiger partial charge in [0.05, 0.1) is 29.4 Å². The predicted octanol–water partition coefficient (Wildman–Crippen LogP) is 3.35. The van der Waals surface area contributed by atoms with Gasteiger partial charge in [0.15, 0.2) is 5.65 Å². The largest absolute Gasteiger partial charge is 0.395 e. The van der Waals surface area contributed by atoms with E-state index in [1.54, 1.807) is 15.8 Å². The molecule has 3 aromatic rings. The molecule has 27 heavy (non-hydrogen) atoms. The third-order valence-corrected chi connectivity index (χ3v) is 4.65. The van der Waals surface area contributed by atoms with Crippen LogP contribution in [0.2, 0.25) is 0 Å². The van der Waals surface area contributed by atoms with Crippen molar-refractivity contribution in [3.8, 4) is 11.3 Å². The number of hydrogen-bond acceptors (Lipinski definition) is 4. The van der Waals surface area contributed by atoms with Gasteiger partial charge >= 0.3 is 0 Å². The van der Waals surface area contributed by atoms with Crippen LogP contribution in [0.3, 0.4) is 0 Å². The second-order valence-electron chi connectivity index (χ2n) is 6.49. The number of aliphatic hydroxyl groups is 1. The Hall–Kier alpha value is -2.73. The lowest BCUT2D eigenvalue weighted by atomic mass is 10.1. The number of hydrogen-bond donors (Lipinski definition) is 1. The quantitative estimate of drug-likeness (QED) is 0.664. The maximum absolute atomic E-state index is 13.3. The molecule has 3 rings (SSSR count). The molecule has 0 atom stereocenters. The van der Waals surface area contributed by atoms with Crippen LogP contribution < -0.4 is 0 Å². The van der Waals surface area contributed by atoms with Crippen molar-refractivity contribution in [2.75, 3.05) is 19.7 Å². The van der Waals surface area contributed by atoms with Gasteiger partial charge in [0.2, 0.25) is 0 Å². The first kappa shape index (κ1) is 19.0. The number of amides is 1. The minimum atomic E-state index is -0.0854. The van der Waals surface area contributed by atoms with Crippen molar-refractivity contribution in [1.82, 2.24) is 19.7 Å². The standard InChI is InChI=1S/C21H26N4O2/c1-3-5-11-24(12-13-26)21(27)17-14-19(16-9-7-6-8-10-16)23-20-18(17)15-22-25(20)4-2/h6-10,14-15,26H,3-5,11-13H2,1-2H3. The van der Waals surface area contributed by atoms with E-state index in [4.69, 9.17) is 4.98 Å². The number of pyridine rings is 1. The lowest BCUT2D eigenvalue weighted by Crippen LogP contribution is -2.34. The second kappa shape index (κ2) is 8.77. The summed E-state index contributed by atoms with van der Waals surface area (Å²) >= 11 is 0. The average molecular weight is 366 g/mol. The van der Waals surface area contributed by atoms with Gasteiger partial charge in [-0.3, -0.25) is 4.79 Å². The van der Waals surface area contributed by atoms with Crippen molar-refractivity contribution in [3.63, 3.8) is 0 Å². The number of nitrogens with zero attached hydrogens (tertiary/aromatic N) is 4. The molecule has 2 aromatic heterocycles. The molecule has 0 aliphatic rings. The molecule has 0 aliphatic carbocycles. The normalized spacial score (nSPS) is 11.1. The Kier molecular flexibility index (Phi) is 6.19. The van der Waals surface area contributed by atoms with Gasteiger partial charge in [-0.05, 0) is 19.4 Å². The maximum atomic E-state index is 13.3. The third kappa shape index (κ3) is 4.01. The third-order valence-electron chi connectivity index (χ3n) is 4.65. The Morgan fingerprint density at radius 2 is 1.96 bits per heavy atom. The highest BCUT2D eigenvalue weighted by atomic mass is 16.3. The zero-order valence-electron chi connectivity index (χ0n) is 15.9. The fraction of sp³-hybridized carbons (Fsp3) is 0.381.